The van der Waals surface area contributed by atoms with Crippen molar-refractivity contribution in [3.05, 3.63) is 29.8 Å². The number of hydrogen-bond donors (Lipinski definition) is 1. The van der Waals surface area contributed by atoms with Gasteiger partial charge in [-0.05, 0) is 36.8 Å². The zero-order chi connectivity index (χ0) is 19.4. The molecule has 1 unspecified atom stereocenters. The Morgan fingerprint density at radius 3 is 2.89 bits per heavy atom. The first-order valence-corrected chi connectivity index (χ1v) is 11.1. The van der Waals surface area contributed by atoms with Gasteiger partial charge in [0.05, 0.1) is 11.5 Å². The molecule has 5 aliphatic heterocycles. The van der Waals surface area contributed by atoms with E-state index in [1.807, 2.05) is 0 Å². The zero-order valence-electron chi connectivity index (χ0n) is 16.3. The van der Waals surface area contributed by atoms with Crippen LogP contribution in [-0.2, 0) is 14.9 Å². The van der Waals surface area contributed by atoms with Crippen LogP contribution in [0.15, 0.2) is 24.3 Å². The van der Waals surface area contributed by atoms with Crippen molar-refractivity contribution >= 4 is 23.3 Å². The second kappa shape index (κ2) is 5.65. The summed E-state index contributed by atoms with van der Waals surface area (Å²) in [5.41, 5.74) is 2.36. The van der Waals surface area contributed by atoms with Crippen LogP contribution in [0.3, 0.4) is 0 Å². The highest BCUT2D eigenvalue weighted by atomic mass is 35.5. The molecule has 0 aromatic heterocycles. The maximum Gasteiger partial charge on any atom is 0.321 e. The SMILES string of the molecule is CC[C@H]1[C@H]2C[C@H]3[C@@H]4N(C)c5ccccc5[C@]45C[C@@H]([C@@H]2[C@H]5OC(=O)CCl)N3[C@@H]1O. The fraction of sp³-hybridized carbons (Fsp3) is 0.682. The number of halogens is 1. The van der Waals surface area contributed by atoms with Gasteiger partial charge in [-0.15, -0.1) is 11.6 Å². The van der Waals surface area contributed by atoms with Crippen LogP contribution in [0.1, 0.15) is 31.7 Å². The van der Waals surface area contributed by atoms with Gasteiger partial charge in [-0.3, -0.25) is 9.69 Å². The zero-order valence-corrected chi connectivity index (χ0v) is 17.0. The molecule has 0 radical (unpaired) electrons. The summed E-state index contributed by atoms with van der Waals surface area (Å²) in [4.78, 5) is 17.2. The smallest absolute Gasteiger partial charge is 0.321 e. The lowest BCUT2D eigenvalue weighted by Crippen LogP contribution is -2.72. The summed E-state index contributed by atoms with van der Waals surface area (Å²) in [6.07, 6.45) is 2.44. The molecule has 6 aliphatic rings. The quantitative estimate of drug-likeness (QED) is 0.621. The van der Waals surface area contributed by atoms with Crippen LogP contribution >= 0.6 is 11.6 Å². The Balaban J connectivity index is 1.57. The third kappa shape index (κ3) is 1.76. The maximum atomic E-state index is 12.4. The molecular formula is C22H27ClN2O3. The third-order valence-corrected chi connectivity index (χ3v) is 9.01. The average molecular weight is 403 g/mol. The summed E-state index contributed by atoms with van der Waals surface area (Å²) >= 11 is 5.87. The molecule has 6 heteroatoms. The van der Waals surface area contributed by atoms with Gasteiger partial charge in [-0.2, -0.15) is 0 Å². The van der Waals surface area contributed by atoms with Gasteiger partial charge < -0.3 is 14.7 Å². The molecule has 28 heavy (non-hydrogen) atoms. The number of carbonyl (C=O) groups excluding carboxylic acids is 1. The number of para-hydroxylation sites is 1. The van der Waals surface area contributed by atoms with E-state index in [2.05, 4.69) is 48.0 Å². The highest BCUT2D eigenvalue weighted by molar-refractivity contribution is 6.26. The number of benzene rings is 1. The molecule has 5 fully saturated rings. The van der Waals surface area contributed by atoms with Gasteiger partial charge in [0.2, 0.25) is 0 Å². The number of carbonyl (C=O) groups is 1. The van der Waals surface area contributed by atoms with Crippen molar-refractivity contribution in [3.63, 3.8) is 0 Å². The van der Waals surface area contributed by atoms with Crippen LogP contribution in [0.4, 0.5) is 5.69 Å². The molecular weight excluding hydrogens is 376 g/mol. The predicted molar refractivity (Wildman–Crippen MR) is 106 cm³/mol. The lowest BCUT2D eigenvalue weighted by atomic mass is 9.62. The first-order valence-electron chi connectivity index (χ1n) is 10.6. The van der Waals surface area contributed by atoms with E-state index in [-0.39, 0.29) is 53.5 Å². The van der Waals surface area contributed by atoms with Crippen molar-refractivity contribution < 1.29 is 14.6 Å². The van der Waals surface area contributed by atoms with Gasteiger partial charge in [0, 0.05) is 36.7 Å². The standard InChI is InChI=1S/C22H27ClN2O3/c1-3-11-12-8-15-19-22(13-6-4-5-7-14(13)24(19)2)9-16(25(15)21(11)27)18(12)20(22)28-17(26)10-23/h4-7,11-12,15-16,18-21,27H,3,8-10H2,1-2H3/t11-,12+,15-,16-,18+,19-,20+,21+,22+/m0/s1. The van der Waals surface area contributed by atoms with Gasteiger partial charge in [-0.1, -0.05) is 25.1 Å². The summed E-state index contributed by atoms with van der Waals surface area (Å²) < 4.78 is 6.19. The molecule has 4 saturated heterocycles. The van der Waals surface area contributed by atoms with Gasteiger partial charge in [0.15, 0.2) is 0 Å². The highest BCUT2D eigenvalue weighted by Gasteiger charge is 2.77. The molecule has 0 amide bonds. The first kappa shape index (κ1) is 17.5. The molecule has 7 rings (SSSR count). The van der Waals surface area contributed by atoms with Crippen LogP contribution in [0.2, 0.25) is 0 Å². The third-order valence-electron chi connectivity index (χ3n) is 8.79. The molecule has 5 nitrogen and oxygen atoms in total. The summed E-state index contributed by atoms with van der Waals surface area (Å²) in [7, 11) is 2.17. The number of nitrogens with zero attached hydrogens (tertiary/aromatic N) is 2. The summed E-state index contributed by atoms with van der Waals surface area (Å²) in [6, 6.07) is 9.40. The van der Waals surface area contributed by atoms with Crippen LogP contribution < -0.4 is 4.90 Å². The lowest BCUT2D eigenvalue weighted by molar-refractivity contribution is -0.212. The fourth-order valence-corrected chi connectivity index (χ4v) is 8.26. The van der Waals surface area contributed by atoms with Crippen molar-refractivity contribution in [1.29, 1.82) is 0 Å². The number of likely N-dealkylation sites (N-methyl/N-ethyl adjacent to an activating group) is 1. The summed E-state index contributed by atoms with van der Waals surface area (Å²) in [5, 5.41) is 11.2. The number of alkyl halides is 1. The van der Waals surface area contributed by atoms with E-state index in [4.69, 9.17) is 16.3 Å². The van der Waals surface area contributed by atoms with E-state index >= 15 is 0 Å². The molecule has 1 spiro atoms. The fourth-order valence-electron chi connectivity index (χ4n) is 8.20. The Kier molecular flexibility index (Phi) is 3.54. The molecule has 5 heterocycles. The van der Waals surface area contributed by atoms with E-state index in [0.29, 0.717) is 12.0 Å². The van der Waals surface area contributed by atoms with Crippen LogP contribution in [0, 0.1) is 17.8 Å². The van der Waals surface area contributed by atoms with E-state index < -0.39 is 0 Å². The topological polar surface area (TPSA) is 53.0 Å². The number of fused-ring (bicyclic) bond motifs is 2. The minimum Gasteiger partial charge on any atom is -0.460 e. The number of hydrogen-bond acceptors (Lipinski definition) is 5. The number of rotatable bonds is 3. The van der Waals surface area contributed by atoms with Gasteiger partial charge in [0.1, 0.15) is 18.2 Å². The molecule has 1 aliphatic carbocycles. The number of anilines is 1. The van der Waals surface area contributed by atoms with Crippen LogP contribution in [0.5, 0.6) is 0 Å². The van der Waals surface area contributed by atoms with Gasteiger partial charge in [0.25, 0.3) is 0 Å². The molecule has 1 N–H and O–H groups in total. The minimum atomic E-state index is -0.382. The monoisotopic (exact) mass is 402 g/mol. The number of aliphatic hydroxyl groups excluding tert-OH is 1. The normalized spacial score (nSPS) is 49.3. The molecule has 5 bridgehead atoms. The Morgan fingerprint density at radius 1 is 1.36 bits per heavy atom. The average Bonchev–Trinajstić information content (AvgIpc) is 3.10. The minimum absolute atomic E-state index is 0.107. The second-order valence-electron chi connectivity index (χ2n) is 9.41. The van der Waals surface area contributed by atoms with Crippen molar-refractivity contribution in [2.24, 2.45) is 17.8 Å². The Hall–Kier alpha value is -1.30. The highest BCUT2D eigenvalue weighted by Crippen LogP contribution is 2.69. The van der Waals surface area contributed by atoms with E-state index in [1.54, 1.807) is 0 Å². The van der Waals surface area contributed by atoms with Crippen molar-refractivity contribution in [3.8, 4) is 0 Å². The van der Waals surface area contributed by atoms with Gasteiger partial charge >= 0.3 is 5.97 Å². The second-order valence-corrected chi connectivity index (χ2v) is 9.67. The molecule has 1 saturated carbocycles. The Labute approximate surface area is 170 Å². The van der Waals surface area contributed by atoms with Gasteiger partial charge in [-0.25, -0.2) is 0 Å². The lowest BCUT2D eigenvalue weighted by Gasteiger charge is -2.62. The summed E-state index contributed by atoms with van der Waals surface area (Å²) in [6.45, 7) is 2.17. The first-order chi connectivity index (χ1) is 13.5. The predicted octanol–water partition coefficient (Wildman–Crippen LogP) is 2.34. The number of piperidine rings is 4. The molecule has 10 atom stereocenters. The molecule has 150 valence electrons. The Morgan fingerprint density at radius 2 is 2.14 bits per heavy atom. The van der Waals surface area contributed by atoms with Crippen molar-refractivity contribution in [2.45, 2.75) is 62.1 Å². The van der Waals surface area contributed by atoms with E-state index in [0.717, 1.165) is 19.3 Å². The van der Waals surface area contributed by atoms with Crippen LogP contribution in [0.25, 0.3) is 0 Å². The summed E-state index contributed by atoms with van der Waals surface area (Å²) in [5.74, 6) is 0.510. The maximum absolute atomic E-state index is 12.4. The number of esters is 1. The molecule has 1 aromatic carbocycles. The van der Waals surface area contributed by atoms with Crippen LogP contribution in [-0.4, -0.2) is 59.4 Å². The number of aliphatic hydroxyl groups is 1. The van der Waals surface area contributed by atoms with E-state index in [1.165, 1.54) is 11.3 Å². The molecule has 1 aromatic rings. The van der Waals surface area contributed by atoms with Crippen molar-refractivity contribution in [1.82, 2.24) is 4.90 Å². The van der Waals surface area contributed by atoms with Crippen molar-refractivity contribution in [2.75, 3.05) is 17.8 Å². The number of ether oxygens (including phenoxy) is 1. The largest absolute Gasteiger partial charge is 0.460 e. The Bertz CT molecular complexity index is 849. The van der Waals surface area contributed by atoms with E-state index in [9.17, 15) is 9.90 Å².